The molecule has 0 saturated carbocycles. The molecule has 2 aliphatic heterocycles. The first kappa shape index (κ1) is 13.3. The lowest BCUT2D eigenvalue weighted by Gasteiger charge is -2.26. The van der Waals surface area contributed by atoms with Gasteiger partial charge in [0.15, 0.2) is 0 Å². The predicted molar refractivity (Wildman–Crippen MR) is 69.1 cm³/mol. The third-order valence-corrected chi connectivity index (χ3v) is 3.86. The highest BCUT2D eigenvalue weighted by molar-refractivity contribution is 5.85. The second-order valence-electron chi connectivity index (χ2n) is 5.34. The molecular formula is C13H23N3O2. The third-order valence-electron chi connectivity index (χ3n) is 3.86. The van der Waals surface area contributed by atoms with Gasteiger partial charge >= 0.3 is 0 Å². The van der Waals surface area contributed by atoms with Crippen LogP contribution < -0.4 is 5.32 Å². The maximum atomic E-state index is 12.2. The fraction of sp³-hybridized carbons (Fsp3) is 0.846. The molecule has 1 unspecified atom stereocenters. The van der Waals surface area contributed by atoms with E-state index in [9.17, 15) is 9.59 Å². The highest BCUT2D eigenvalue weighted by Gasteiger charge is 2.25. The van der Waals surface area contributed by atoms with Gasteiger partial charge in [-0.05, 0) is 25.8 Å². The molecule has 18 heavy (non-hydrogen) atoms. The van der Waals surface area contributed by atoms with E-state index < -0.39 is 0 Å². The second kappa shape index (κ2) is 6.18. The molecule has 0 radical (unpaired) electrons. The molecule has 102 valence electrons. The molecule has 2 aliphatic rings. The first-order valence-electron chi connectivity index (χ1n) is 6.92. The van der Waals surface area contributed by atoms with Crippen LogP contribution in [-0.4, -0.2) is 60.9 Å². The molecule has 2 saturated heterocycles. The van der Waals surface area contributed by atoms with E-state index in [1.807, 2.05) is 0 Å². The van der Waals surface area contributed by atoms with Crippen LogP contribution in [0.2, 0.25) is 0 Å². The summed E-state index contributed by atoms with van der Waals surface area (Å²) < 4.78 is 0. The van der Waals surface area contributed by atoms with Gasteiger partial charge in [-0.1, -0.05) is 6.42 Å². The molecule has 5 heteroatoms. The van der Waals surface area contributed by atoms with Gasteiger partial charge < -0.3 is 15.1 Å². The van der Waals surface area contributed by atoms with Crippen molar-refractivity contribution in [2.75, 3.05) is 33.2 Å². The molecule has 0 aliphatic carbocycles. The Morgan fingerprint density at radius 1 is 1.33 bits per heavy atom. The Labute approximate surface area is 108 Å². The monoisotopic (exact) mass is 253 g/mol. The lowest BCUT2D eigenvalue weighted by atomic mass is 10.0. The molecule has 0 aromatic rings. The molecule has 1 N–H and O–H groups in total. The van der Waals surface area contributed by atoms with E-state index in [2.05, 4.69) is 5.32 Å². The van der Waals surface area contributed by atoms with Crippen molar-refractivity contribution in [1.29, 1.82) is 0 Å². The maximum absolute atomic E-state index is 12.2. The maximum Gasteiger partial charge on any atom is 0.241 e. The summed E-state index contributed by atoms with van der Waals surface area (Å²) in [5, 5.41) is 3.38. The number of carbonyl (C=O) groups is 2. The van der Waals surface area contributed by atoms with Crippen molar-refractivity contribution < 1.29 is 9.59 Å². The molecule has 2 heterocycles. The fourth-order valence-electron chi connectivity index (χ4n) is 2.64. The normalized spacial score (nSPS) is 26.1. The van der Waals surface area contributed by atoms with Gasteiger partial charge in [-0.2, -0.15) is 0 Å². The Morgan fingerprint density at radius 3 is 2.89 bits per heavy atom. The van der Waals surface area contributed by atoms with E-state index >= 15 is 0 Å². The van der Waals surface area contributed by atoms with E-state index in [1.165, 1.54) is 12.8 Å². The SMILES string of the molecule is CN1CCCN(C(=O)CC2CCCCN2)CC1=O. The van der Waals surface area contributed by atoms with Crippen LogP contribution in [0.1, 0.15) is 32.1 Å². The van der Waals surface area contributed by atoms with Crippen LogP contribution in [0.3, 0.4) is 0 Å². The Kier molecular flexibility index (Phi) is 4.58. The lowest BCUT2D eigenvalue weighted by molar-refractivity contribution is -0.138. The molecule has 1 atom stereocenters. The molecule has 0 bridgehead atoms. The Hall–Kier alpha value is -1.10. The van der Waals surface area contributed by atoms with Crippen molar-refractivity contribution in [2.24, 2.45) is 0 Å². The molecule has 0 aromatic heterocycles. The molecule has 2 rings (SSSR count). The molecule has 0 spiro atoms. The first-order chi connectivity index (χ1) is 8.66. The summed E-state index contributed by atoms with van der Waals surface area (Å²) >= 11 is 0. The van der Waals surface area contributed by atoms with Crippen LogP contribution in [-0.2, 0) is 9.59 Å². The summed E-state index contributed by atoms with van der Waals surface area (Å²) in [5.41, 5.74) is 0. The van der Waals surface area contributed by atoms with Gasteiger partial charge in [-0.15, -0.1) is 0 Å². The second-order valence-corrected chi connectivity index (χ2v) is 5.34. The van der Waals surface area contributed by atoms with E-state index in [0.29, 0.717) is 19.0 Å². The number of rotatable bonds is 2. The van der Waals surface area contributed by atoms with Crippen molar-refractivity contribution in [2.45, 2.75) is 38.1 Å². The van der Waals surface area contributed by atoms with Crippen LogP contribution in [0.15, 0.2) is 0 Å². The van der Waals surface area contributed by atoms with Gasteiger partial charge in [0.25, 0.3) is 0 Å². The van der Waals surface area contributed by atoms with E-state index in [-0.39, 0.29) is 18.4 Å². The van der Waals surface area contributed by atoms with E-state index in [0.717, 1.165) is 25.9 Å². The van der Waals surface area contributed by atoms with Gasteiger partial charge in [0.05, 0.1) is 6.54 Å². The van der Waals surface area contributed by atoms with Crippen molar-refractivity contribution in [3.05, 3.63) is 0 Å². The van der Waals surface area contributed by atoms with Crippen LogP contribution in [0.5, 0.6) is 0 Å². The van der Waals surface area contributed by atoms with Gasteiger partial charge in [-0.3, -0.25) is 9.59 Å². The minimum Gasteiger partial charge on any atom is -0.344 e. The first-order valence-corrected chi connectivity index (χ1v) is 6.92. The van der Waals surface area contributed by atoms with Crippen molar-refractivity contribution >= 4 is 11.8 Å². The van der Waals surface area contributed by atoms with Crippen molar-refractivity contribution in [3.63, 3.8) is 0 Å². The third kappa shape index (κ3) is 3.45. The van der Waals surface area contributed by atoms with E-state index in [1.54, 1.807) is 16.8 Å². The largest absolute Gasteiger partial charge is 0.344 e. The van der Waals surface area contributed by atoms with Crippen LogP contribution >= 0.6 is 0 Å². The molecule has 2 amide bonds. The topological polar surface area (TPSA) is 52.6 Å². The number of carbonyl (C=O) groups excluding carboxylic acids is 2. The average Bonchev–Trinajstić information content (AvgIpc) is 2.53. The molecule has 0 aromatic carbocycles. The number of nitrogens with one attached hydrogen (secondary N) is 1. The minimum absolute atomic E-state index is 0.0532. The van der Waals surface area contributed by atoms with E-state index in [4.69, 9.17) is 0 Å². The Balaban J connectivity index is 1.85. The standard InChI is InChI=1S/C13H23N3O2/c1-15-7-4-8-16(10-13(15)18)12(17)9-11-5-2-3-6-14-11/h11,14H,2-10H2,1H3. The number of hydrogen-bond acceptors (Lipinski definition) is 3. The zero-order valence-corrected chi connectivity index (χ0v) is 11.2. The highest BCUT2D eigenvalue weighted by atomic mass is 16.2. The quantitative estimate of drug-likeness (QED) is 0.765. The van der Waals surface area contributed by atoms with Crippen LogP contribution in [0.4, 0.5) is 0 Å². The van der Waals surface area contributed by atoms with Crippen molar-refractivity contribution in [3.8, 4) is 0 Å². The summed E-state index contributed by atoms with van der Waals surface area (Å²) in [5.74, 6) is 0.176. The number of hydrogen-bond donors (Lipinski definition) is 1. The van der Waals surface area contributed by atoms with Gasteiger partial charge in [-0.25, -0.2) is 0 Å². The molecular weight excluding hydrogens is 230 g/mol. The fourth-order valence-corrected chi connectivity index (χ4v) is 2.64. The molecule has 2 fully saturated rings. The van der Waals surface area contributed by atoms with Crippen molar-refractivity contribution in [1.82, 2.24) is 15.1 Å². The highest BCUT2D eigenvalue weighted by Crippen LogP contribution is 2.12. The minimum atomic E-state index is 0.0532. The summed E-state index contributed by atoms with van der Waals surface area (Å²) in [6, 6.07) is 0.308. The number of amides is 2. The van der Waals surface area contributed by atoms with Gasteiger partial charge in [0.2, 0.25) is 11.8 Å². The number of piperidine rings is 1. The zero-order valence-electron chi connectivity index (χ0n) is 11.2. The zero-order chi connectivity index (χ0) is 13.0. The number of nitrogens with zero attached hydrogens (tertiary/aromatic N) is 2. The van der Waals surface area contributed by atoms with Gasteiger partial charge in [0.1, 0.15) is 0 Å². The van der Waals surface area contributed by atoms with Crippen LogP contribution in [0, 0.1) is 0 Å². The number of likely N-dealkylation sites (N-methyl/N-ethyl adjacent to an activating group) is 1. The molecule has 5 nitrogen and oxygen atoms in total. The summed E-state index contributed by atoms with van der Waals surface area (Å²) in [4.78, 5) is 27.4. The Morgan fingerprint density at radius 2 is 2.17 bits per heavy atom. The smallest absolute Gasteiger partial charge is 0.241 e. The summed E-state index contributed by atoms with van der Waals surface area (Å²) in [6.45, 7) is 2.73. The summed E-state index contributed by atoms with van der Waals surface area (Å²) in [6.07, 6.45) is 4.90. The Bertz CT molecular complexity index is 313. The average molecular weight is 253 g/mol. The van der Waals surface area contributed by atoms with Gasteiger partial charge in [0, 0.05) is 32.6 Å². The predicted octanol–water partition coefficient (Wildman–Crippen LogP) is 0.209. The summed E-state index contributed by atoms with van der Waals surface area (Å²) in [7, 11) is 1.80. The lowest BCUT2D eigenvalue weighted by Crippen LogP contribution is -2.42. The van der Waals surface area contributed by atoms with Crippen LogP contribution in [0.25, 0.3) is 0 Å².